The summed E-state index contributed by atoms with van der Waals surface area (Å²) in [6, 6.07) is 31.1. The van der Waals surface area contributed by atoms with Crippen molar-refractivity contribution in [1.82, 2.24) is 14.9 Å². The molecular formula is C40H39Br2N3O7PdS2Si. The Bertz CT molecular complexity index is 2060. The van der Waals surface area contributed by atoms with Crippen LogP contribution < -0.4 is 10.4 Å². The summed E-state index contributed by atoms with van der Waals surface area (Å²) in [5, 5.41) is 15.7. The number of pyridine rings is 1. The Kier molecular flexibility index (Phi) is 14.3. The van der Waals surface area contributed by atoms with Crippen LogP contribution in [0.5, 0.6) is 0 Å². The number of hydrogen-bond donors (Lipinski definition) is 1. The zero-order chi connectivity index (χ0) is 40.0. The summed E-state index contributed by atoms with van der Waals surface area (Å²) in [4.78, 5) is 51.0. The second kappa shape index (κ2) is 18.8. The molecule has 2 aliphatic heterocycles. The van der Waals surface area contributed by atoms with E-state index in [-0.39, 0.29) is 22.8 Å². The second-order valence-electron chi connectivity index (χ2n) is 14.0. The number of imide groups is 1. The first kappa shape index (κ1) is 42.7. The summed E-state index contributed by atoms with van der Waals surface area (Å²) in [5.74, 6) is -1.81. The van der Waals surface area contributed by atoms with E-state index in [1.807, 2.05) is 60.0 Å². The summed E-state index contributed by atoms with van der Waals surface area (Å²) in [6.07, 6.45) is -2.15. The van der Waals surface area contributed by atoms with Gasteiger partial charge in [-0.3, -0.25) is 24.3 Å². The number of rotatable bonds is 10. The van der Waals surface area contributed by atoms with Crippen molar-refractivity contribution in [1.29, 1.82) is 0 Å². The number of benzene rings is 3. The Balaban J connectivity index is 0.00000172. The van der Waals surface area contributed by atoms with Gasteiger partial charge in [-0.25, -0.2) is 4.98 Å². The molecule has 2 aliphatic rings. The molecule has 56 heavy (non-hydrogen) atoms. The van der Waals surface area contributed by atoms with Gasteiger partial charge >= 0.3 is 46.8 Å². The fourth-order valence-corrected chi connectivity index (χ4v) is 13.9. The molecule has 3 aromatic carbocycles. The standard InChI is InChI=1S/C40H39N3O7S2Si.2BrH.Pd/c1-25(44)49-35-33(43-36(46)28-19-11-12-20-29(28)37(43)47)38(52-39-42-31(24-51-39)30-21-13-14-22-41-30)50-32(34(35)45)23-48-53(40(2,3)4,26-15-7-5-8-16-26)27-17-9-6-10-18-27;;;/h5-22,24,32-35,38,45H,23H2,1-4H3;2*1H;/q;;;+2/p-2. The number of nitrogens with zero attached hydrogens (tertiary/aromatic N) is 3. The Morgan fingerprint density at radius 2 is 1.46 bits per heavy atom. The van der Waals surface area contributed by atoms with Crippen LogP contribution in [0.1, 0.15) is 48.4 Å². The molecule has 10 nitrogen and oxygen atoms in total. The van der Waals surface area contributed by atoms with E-state index >= 15 is 0 Å². The topological polar surface area (TPSA) is 128 Å². The number of ether oxygens (including phenoxy) is 2. The molecule has 0 radical (unpaired) electrons. The molecule has 16 heteroatoms. The number of aliphatic hydroxyl groups is 1. The molecule has 0 spiro atoms. The quantitative estimate of drug-likeness (QED) is 0.0869. The van der Waals surface area contributed by atoms with Gasteiger partial charge in [0.25, 0.3) is 20.1 Å². The van der Waals surface area contributed by atoms with Crippen LogP contribution in [0.25, 0.3) is 11.4 Å². The number of hydrogen-bond acceptors (Lipinski definition) is 11. The average molecular weight is 1030 g/mol. The maximum atomic E-state index is 14.0. The van der Waals surface area contributed by atoms with Crippen LogP contribution in [-0.4, -0.2) is 82.5 Å². The fourth-order valence-electron chi connectivity index (χ4n) is 7.23. The third kappa shape index (κ3) is 8.90. The van der Waals surface area contributed by atoms with Crippen molar-refractivity contribution >= 4 is 86.4 Å². The number of thioether (sulfide) groups is 1. The number of halogens is 2. The first-order valence-electron chi connectivity index (χ1n) is 17.5. The number of carbonyl (C=O) groups excluding carboxylic acids is 3. The van der Waals surface area contributed by atoms with Gasteiger partial charge in [-0.15, -0.1) is 11.3 Å². The molecule has 0 aliphatic carbocycles. The van der Waals surface area contributed by atoms with E-state index in [1.54, 1.807) is 30.5 Å². The zero-order valence-electron chi connectivity index (χ0n) is 30.7. The second-order valence-corrected chi connectivity index (χ2v) is 27.7. The monoisotopic (exact) mass is 1030 g/mol. The van der Waals surface area contributed by atoms with Crippen LogP contribution in [0, 0.1) is 0 Å². The molecule has 1 saturated heterocycles. The molecule has 5 unspecified atom stereocenters. The van der Waals surface area contributed by atoms with Crippen LogP contribution in [0.4, 0.5) is 0 Å². The van der Waals surface area contributed by atoms with Gasteiger partial charge < -0.3 is 19.0 Å². The molecule has 4 heterocycles. The first-order chi connectivity index (χ1) is 26.9. The number of esters is 1. The number of thiazole rings is 1. The summed E-state index contributed by atoms with van der Waals surface area (Å²) in [5.41, 5.74) is 0.763. The number of carbonyl (C=O) groups is 3. The summed E-state index contributed by atoms with van der Waals surface area (Å²) >= 11 is 9.34. The van der Waals surface area contributed by atoms with Crippen LogP contribution in [0.2, 0.25) is 5.04 Å². The van der Waals surface area contributed by atoms with Gasteiger partial charge in [-0.05, 0) is 39.7 Å². The summed E-state index contributed by atoms with van der Waals surface area (Å²) < 4.78 is 20.4. The van der Waals surface area contributed by atoms with E-state index in [0.717, 1.165) is 15.3 Å². The average Bonchev–Trinajstić information content (AvgIpc) is 3.76. The summed E-state index contributed by atoms with van der Waals surface area (Å²) in [6.45, 7) is 7.61. The van der Waals surface area contributed by atoms with Crippen LogP contribution in [0.15, 0.2) is 119 Å². The van der Waals surface area contributed by atoms with Crippen molar-refractivity contribution in [3.63, 3.8) is 0 Å². The molecule has 7 rings (SSSR count). The van der Waals surface area contributed by atoms with Gasteiger partial charge in [-0.1, -0.05) is 111 Å². The van der Waals surface area contributed by atoms with Gasteiger partial charge in [0.1, 0.15) is 29.4 Å². The van der Waals surface area contributed by atoms with Crippen molar-refractivity contribution in [2.45, 2.75) is 66.9 Å². The molecule has 5 atom stereocenters. The minimum atomic E-state index is -3.10. The molecule has 1 fully saturated rings. The Hall–Kier alpha value is -2.88. The van der Waals surface area contributed by atoms with E-state index in [0.29, 0.717) is 29.7 Å². The minimum absolute atomic E-state index is 0.0742. The predicted octanol–water partition coefficient (Wildman–Crippen LogP) is 7.24. The summed E-state index contributed by atoms with van der Waals surface area (Å²) in [7, 11) is -3.10. The number of aromatic nitrogens is 2. The molecule has 1 N–H and O–H groups in total. The van der Waals surface area contributed by atoms with Gasteiger partial charge in [0.05, 0.1) is 23.4 Å². The van der Waals surface area contributed by atoms with Crippen molar-refractivity contribution < 1.29 is 47.3 Å². The van der Waals surface area contributed by atoms with Gasteiger partial charge in [0, 0.05) is 18.5 Å². The molecule has 0 bridgehead atoms. The van der Waals surface area contributed by atoms with E-state index in [2.05, 4.69) is 76.9 Å². The van der Waals surface area contributed by atoms with Gasteiger partial charge in [0.15, 0.2) is 10.4 Å². The van der Waals surface area contributed by atoms with Gasteiger partial charge in [-0.2, -0.15) is 0 Å². The molecular weight excluding hydrogens is 993 g/mol. The fraction of sp³-hybridized carbons (Fsp3) is 0.275. The Morgan fingerprint density at radius 1 is 0.911 bits per heavy atom. The van der Waals surface area contributed by atoms with Gasteiger partial charge in [0.2, 0.25) is 0 Å². The molecule has 5 aromatic rings. The molecule has 296 valence electrons. The predicted molar refractivity (Wildman–Crippen MR) is 224 cm³/mol. The number of aliphatic hydroxyl groups excluding tert-OH is 1. The molecule has 2 amide bonds. The Labute approximate surface area is 356 Å². The number of amides is 2. The van der Waals surface area contributed by atoms with Crippen LogP contribution in [-0.2, 0) is 32.6 Å². The maximum absolute atomic E-state index is 14.0. The van der Waals surface area contributed by atoms with E-state index in [4.69, 9.17) is 18.9 Å². The van der Waals surface area contributed by atoms with E-state index in [1.165, 1.54) is 30.0 Å². The first-order valence-corrected chi connectivity index (χ1v) is 28.3. The number of fused-ring (bicyclic) bond motifs is 1. The van der Waals surface area contributed by atoms with Crippen molar-refractivity contribution in [2.75, 3.05) is 6.61 Å². The third-order valence-electron chi connectivity index (χ3n) is 9.58. The Morgan fingerprint density at radius 3 is 1.98 bits per heavy atom. The van der Waals surface area contributed by atoms with Crippen LogP contribution >= 0.6 is 50.0 Å². The normalized spacial score (nSPS) is 21.0. The molecule has 2 aromatic heterocycles. The zero-order valence-corrected chi connectivity index (χ0v) is 38.1. The van der Waals surface area contributed by atoms with Crippen molar-refractivity contribution in [3.8, 4) is 11.4 Å². The molecule has 0 saturated carbocycles. The van der Waals surface area contributed by atoms with Crippen molar-refractivity contribution in [3.05, 3.63) is 126 Å². The van der Waals surface area contributed by atoms with E-state index < -0.39 is 55.9 Å². The van der Waals surface area contributed by atoms with Crippen LogP contribution in [0.3, 0.4) is 0 Å². The van der Waals surface area contributed by atoms with E-state index in [9.17, 15) is 19.5 Å². The third-order valence-corrected chi connectivity index (χ3v) is 16.7. The van der Waals surface area contributed by atoms with Crippen molar-refractivity contribution in [2.24, 2.45) is 0 Å². The SMILES string of the molecule is CC(=O)OC1C(O)C(CO[Si](c2ccccc2)(c2ccccc2)C(C)(C)C)OC(Sc2nc(-c3ccccn3)cs2)C1N1C(=O)c2ccccc2C1=O.[Br][Pd][Br].